The number of hydrogen-bond donors (Lipinski definition) is 2. The molecule has 2 heterocycles. The number of furan rings is 2. The van der Waals surface area contributed by atoms with E-state index in [2.05, 4.69) is 10.6 Å². The van der Waals surface area contributed by atoms with E-state index in [9.17, 15) is 14.0 Å². The molecule has 0 aliphatic carbocycles. The van der Waals surface area contributed by atoms with Crippen LogP contribution in [-0.4, -0.2) is 11.8 Å². The molecule has 126 valence electrons. The lowest BCUT2D eigenvalue weighted by Crippen LogP contribution is -2.30. The van der Waals surface area contributed by atoms with Crippen LogP contribution in [-0.2, 0) is 4.79 Å². The highest BCUT2D eigenvalue weighted by Crippen LogP contribution is 2.12. The third kappa shape index (κ3) is 4.23. The molecule has 3 rings (SSSR count). The standard InChI is InChI=1S/C18H13FN2O4/c19-12-5-7-13(8-6-12)20-17(22)15(11-14-3-1-9-24-14)21-18(23)16-4-2-10-25-16/h1-11H,(H,20,22)(H,21,23). The fourth-order valence-electron chi connectivity index (χ4n) is 2.00. The fourth-order valence-corrected chi connectivity index (χ4v) is 2.00. The zero-order chi connectivity index (χ0) is 17.6. The maximum absolute atomic E-state index is 13.0. The lowest BCUT2D eigenvalue weighted by Gasteiger charge is -2.10. The molecule has 0 aliphatic rings. The molecule has 0 radical (unpaired) electrons. The molecule has 0 saturated heterocycles. The van der Waals surface area contributed by atoms with E-state index >= 15 is 0 Å². The van der Waals surface area contributed by atoms with Gasteiger partial charge in [-0.05, 0) is 48.5 Å². The SMILES string of the molecule is O=C(Nc1ccc(F)cc1)C(=Cc1ccco1)NC(=O)c1ccco1. The van der Waals surface area contributed by atoms with Crippen molar-refractivity contribution in [3.05, 3.63) is 84.1 Å². The monoisotopic (exact) mass is 340 g/mol. The van der Waals surface area contributed by atoms with Crippen molar-refractivity contribution in [1.29, 1.82) is 0 Å². The Labute approximate surface area is 141 Å². The Kier molecular flexibility index (Phi) is 4.75. The summed E-state index contributed by atoms with van der Waals surface area (Å²) in [7, 11) is 0. The van der Waals surface area contributed by atoms with Gasteiger partial charge in [-0.2, -0.15) is 0 Å². The second-order valence-corrected chi connectivity index (χ2v) is 4.97. The molecule has 1 aromatic carbocycles. The van der Waals surface area contributed by atoms with E-state index in [1.165, 1.54) is 48.9 Å². The summed E-state index contributed by atoms with van der Waals surface area (Å²) in [4.78, 5) is 24.6. The van der Waals surface area contributed by atoms with Crippen molar-refractivity contribution in [2.24, 2.45) is 0 Å². The minimum absolute atomic E-state index is 0.0549. The third-order valence-electron chi connectivity index (χ3n) is 3.17. The molecule has 6 nitrogen and oxygen atoms in total. The summed E-state index contributed by atoms with van der Waals surface area (Å²) in [5, 5.41) is 5.04. The van der Waals surface area contributed by atoms with E-state index in [1.54, 1.807) is 18.2 Å². The number of carbonyl (C=O) groups is 2. The normalized spacial score (nSPS) is 11.2. The molecule has 0 bridgehead atoms. The average Bonchev–Trinajstić information content (AvgIpc) is 3.29. The Morgan fingerprint density at radius 1 is 0.960 bits per heavy atom. The highest BCUT2D eigenvalue weighted by molar-refractivity contribution is 6.10. The molecule has 0 unspecified atom stereocenters. The van der Waals surface area contributed by atoms with Crippen molar-refractivity contribution in [2.75, 3.05) is 5.32 Å². The molecule has 3 aromatic rings. The second-order valence-electron chi connectivity index (χ2n) is 4.97. The summed E-state index contributed by atoms with van der Waals surface area (Å²) in [5.74, 6) is -1.17. The summed E-state index contributed by atoms with van der Waals surface area (Å²) in [5.41, 5.74) is 0.324. The number of nitrogens with one attached hydrogen (secondary N) is 2. The van der Waals surface area contributed by atoms with Gasteiger partial charge in [0.25, 0.3) is 11.8 Å². The summed E-state index contributed by atoms with van der Waals surface area (Å²) < 4.78 is 23.1. The lowest BCUT2D eigenvalue weighted by molar-refractivity contribution is -0.113. The van der Waals surface area contributed by atoms with Crippen LogP contribution in [0.5, 0.6) is 0 Å². The Hall–Kier alpha value is -3.61. The van der Waals surface area contributed by atoms with Gasteiger partial charge in [0.2, 0.25) is 0 Å². The van der Waals surface area contributed by atoms with Crippen molar-refractivity contribution < 1.29 is 22.8 Å². The largest absolute Gasteiger partial charge is 0.465 e. The summed E-state index contributed by atoms with van der Waals surface area (Å²) >= 11 is 0. The molecule has 7 heteroatoms. The number of amides is 2. The van der Waals surface area contributed by atoms with Crippen LogP contribution in [0.1, 0.15) is 16.3 Å². The number of anilines is 1. The van der Waals surface area contributed by atoms with Crippen LogP contribution < -0.4 is 10.6 Å². The van der Waals surface area contributed by atoms with Crippen LogP contribution in [0.4, 0.5) is 10.1 Å². The van der Waals surface area contributed by atoms with Crippen LogP contribution >= 0.6 is 0 Å². The highest BCUT2D eigenvalue weighted by Gasteiger charge is 2.17. The fraction of sp³-hybridized carbons (Fsp3) is 0. The predicted molar refractivity (Wildman–Crippen MR) is 87.9 cm³/mol. The molecule has 0 aliphatic heterocycles. The summed E-state index contributed by atoms with van der Waals surface area (Å²) in [6.45, 7) is 0. The number of benzene rings is 1. The van der Waals surface area contributed by atoms with Gasteiger partial charge in [0.05, 0.1) is 12.5 Å². The van der Waals surface area contributed by atoms with Gasteiger partial charge in [-0.15, -0.1) is 0 Å². The number of carbonyl (C=O) groups excluding carboxylic acids is 2. The van der Waals surface area contributed by atoms with Crippen molar-refractivity contribution >= 4 is 23.6 Å². The maximum Gasteiger partial charge on any atom is 0.291 e. The first-order chi connectivity index (χ1) is 12.1. The number of halogens is 1. The Balaban J connectivity index is 1.81. The van der Waals surface area contributed by atoms with Gasteiger partial charge < -0.3 is 19.5 Å². The first-order valence-electron chi connectivity index (χ1n) is 7.29. The molecule has 2 N–H and O–H groups in total. The van der Waals surface area contributed by atoms with E-state index < -0.39 is 17.6 Å². The Bertz CT molecular complexity index is 882. The lowest BCUT2D eigenvalue weighted by atomic mass is 10.2. The smallest absolute Gasteiger partial charge is 0.291 e. The van der Waals surface area contributed by atoms with E-state index in [-0.39, 0.29) is 11.5 Å². The molecule has 0 spiro atoms. The topological polar surface area (TPSA) is 84.5 Å². The van der Waals surface area contributed by atoms with Crippen molar-refractivity contribution in [2.45, 2.75) is 0 Å². The van der Waals surface area contributed by atoms with Crippen LogP contribution in [0.2, 0.25) is 0 Å². The van der Waals surface area contributed by atoms with Crippen LogP contribution in [0.25, 0.3) is 6.08 Å². The molecule has 25 heavy (non-hydrogen) atoms. The molecular formula is C18H13FN2O4. The van der Waals surface area contributed by atoms with Gasteiger partial charge in [0.1, 0.15) is 17.3 Å². The van der Waals surface area contributed by atoms with E-state index in [4.69, 9.17) is 8.83 Å². The first-order valence-corrected chi connectivity index (χ1v) is 7.29. The minimum Gasteiger partial charge on any atom is -0.465 e. The van der Waals surface area contributed by atoms with Gasteiger partial charge in [-0.3, -0.25) is 9.59 Å². The van der Waals surface area contributed by atoms with E-state index in [0.29, 0.717) is 11.4 Å². The third-order valence-corrected chi connectivity index (χ3v) is 3.17. The molecule has 2 amide bonds. The molecular weight excluding hydrogens is 327 g/mol. The summed E-state index contributed by atoms with van der Waals surface area (Å²) in [6, 6.07) is 11.6. The molecule has 2 aromatic heterocycles. The van der Waals surface area contributed by atoms with Gasteiger partial charge in [0.15, 0.2) is 5.76 Å². The molecule has 0 fully saturated rings. The average molecular weight is 340 g/mol. The van der Waals surface area contributed by atoms with Crippen LogP contribution in [0.15, 0.2) is 75.6 Å². The zero-order valence-corrected chi connectivity index (χ0v) is 12.9. The van der Waals surface area contributed by atoms with Crippen molar-refractivity contribution in [1.82, 2.24) is 5.32 Å². The van der Waals surface area contributed by atoms with Crippen molar-refractivity contribution in [3.8, 4) is 0 Å². The minimum atomic E-state index is -0.595. The van der Waals surface area contributed by atoms with E-state index in [0.717, 1.165) is 0 Å². The number of hydrogen-bond acceptors (Lipinski definition) is 4. The quantitative estimate of drug-likeness (QED) is 0.697. The predicted octanol–water partition coefficient (Wildman–Crippen LogP) is 3.42. The van der Waals surface area contributed by atoms with Gasteiger partial charge in [0, 0.05) is 11.8 Å². The van der Waals surface area contributed by atoms with Crippen LogP contribution in [0.3, 0.4) is 0 Å². The summed E-state index contributed by atoms with van der Waals surface area (Å²) in [6.07, 6.45) is 4.17. The van der Waals surface area contributed by atoms with Crippen molar-refractivity contribution in [3.63, 3.8) is 0 Å². The van der Waals surface area contributed by atoms with Gasteiger partial charge in [-0.25, -0.2) is 4.39 Å². The van der Waals surface area contributed by atoms with Gasteiger partial charge in [-0.1, -0.05) is 0 Å². The second kappa shape index (κ2) is 7.31. The molecule has 0 atom stereocenters. The zero-order valence-electron chi connectivity index (χ0n) is 12.9. The molecule has 0 saturated carbocycles. The first kappa shape index (κ1) is 16.3. The van der Waals surface area contributed by atoms with Crippen LogP contribution in [0, 0.1) is 5.82 Å². The van der Waals surface area contributed by atoms with E-state index in [1.807, 2.05) is 0 Å². The Morgan fingerprint density at radius 2 is 1.68 bits per heavy atom. The number of rotatable bonds is 5. The highest BCUT2D eigenvalue weighted by atomic mass is 19.1. The van der Waals surface area contributed by atoms with Gasteiger partial charge >= 0.3 is 0 Å². The Morgan fingerprint density at radius 3 is 2.32 bits per heavy atom. The maximum atomic E-state index is 13.0.